The first-order valence-electron chi connectivity index (χ1n) is 7.76. The van der Waals surface area contributed by atoms with E-state index in [-0.39, 0.29) is 30.9 Å². The highest BCUT2D eigenvalue weighted by molar-refractivity contribution is 6.68. The Morgan fingerprint density at radius 2 is 1.96 bits per heavy atom. The van der Waals surface area contributed by atoms with E-state index < -0.39 is 48.6 Å². The van der Waals surface area contributed by atoms with Gasteiger partial charge in [-0.3, -0.25) is 4.79 Å². The molecule has 2 aliphatic rings. The number of hydrogen-bond donors (Lipinski definition) is 1. The maximum atomic E-state index is 12.8. The number of hydrogen-bond acceptors (Lipinski definition) is 3. The predicted molar refractivity (Wildman–Crippen MR) is 81.3 cm³/mol. The van der Waals surface area contributed by atoms with Crippen LogP contribution in [0, 0.1) is 17.3 Å². The summed E-state index contributed by atoms with van der Waals surface area (Å²) in [6.45, 7) is -0.987. The van der Waals surface area contributed by atoms with Crippen LogP contribution in [-0.4, -0.2) is 36.5 Å². The molecule has 4 nitrogen and oxygen atoms in total. The number of ether oxygens (including phenoxy) is 1. The molecular formula is C15H18ClF5N2O2. The van der Waals surface area contributed by atoms with Crippen LogP contribution in [0.2, 0.25) is 0 Å². The van der Waals surface area contributed by atoms with Crippen LogP contribution < -0.4 is 5.73 Å². The fourth-order valence-electron chi connectivity index (χ4n) is 3.53. The Morgan fingerprint density at radius 3 is 2.44 bits per heavy atom. The van der Waals surface area contributed by atoms with Gasteiger partial charge in [0.05, 0.1) is 5.92 Å². The van der Waals surface area contributed by atoms with Gasteiger partial charge in [-0.15, -0.1) is 0 Å². The average Bonchev–Trinajstić information content (AvgIpc) is 2.52. The summed E-state index contributed by atoms with van der Waals surface area (Å²) in [5.41, 5.74) is 3.91. The summed E-state index contributed by atoms with van der Waals surface area (Å²) >= 11 is 5.78. The number of halogens is 6. The molecule has 0 radical (unpaired) electrons. The molecule has 0 aromatic carbocycles. The second-order valence-electron chi connectivity index (χ2n) is 6.25. The Morgan fingerprint density at radius 1 is 1.36 bits per heavy atom. The highest BCUT2D eigenvalue weighted by atomic mass is 35.5. The lowest BCUT2D eigenvalue weighted by Gasteiger charge is -2.44. The highest BCUT2D eigenvalue weighted by Gasteiger charge is 2.53. The van der Waals surface area contributed by atoms with E-state index in [1.165, 1.54) is 12.2 Å². The summed E-state index contributed by atoms with van der Waals surface area (Å²) in [5, 5.41) is -0.0554. The molecule has 1 fully saturated rings. The number of nitrogens with two attached hydrogens (primary N) is 1. The van der Waals surface area contributed by atoms with Crippen molar-refractivity contribution in [3.63, 3.8) is 0 Å². The van der Waals surface area contributed by atoms with E-state index in [0.717, 1.165) is 0 Å². The van der Waals surface area contributed by atoms with Crippen LogP contribution in [-0.2, 0) is 9.53 Å². The number of dihydropyridines is 1. The zero-order valence-electron chi connectivity index (χ0n) is 13.1. The molecule has 0 spiro atoms. The molecule has 0 aromatic heterocycles. The smallest absolute Gasteiger partial charge is 0.369 e. The van der Waals surface area contributed by atoms with E-state index in [1.807, 2.05) is 0 Å². The SMILES string of the molecule is NC(=O)C1(C2CCC(C(F)(F)F)CC2)C=CC(Cl)=NC1OCC(F)F. The third-order valence-electron chi connectivity index (χ3n) is 4.82. The van der Waals surface area contributed by atoms with Crippen LogP contribution in [0.1, 0.15) is 25.7 Å². The number of nitrogens with zero attached hydrogens (tertiary/aromatic N) is 1. The molecule has 2 unspecified atom stereocenters. The Kier molecular flexibility index (Phi) is 6.09. The van der Waals surface area contributed by atoms with Gasteiger partial charge in [0.15, 0.2) is 6.23 Å². The van der Waals surface area contributed by atoms with Gasteiger partial charge in [0.2, 0.25) is 5.91 Å². The van der Waals surface area contributed by atoms with E-state index in [1.54, 1.807) is 0 Å². The van der Waals surface area contributed by atoms with Crippen molar-refractivity contribution >= 4 is 22.7 Å². The average molecular weight is 389 g/mol. The van der Waals surface area contributed by atoms with Gasteiger partial charge in [-0.2, -0.15) is 13.2 Å². The molecule has 1 amide bonds. The van der Waals surface area contributed by atoms with E-state index in [4.69, 9.17) is 22.1 Å². The number of carbonyl (C=O) groups is 1. The molecule has 2 rings (SSSR count). The molecule has 0 bridgehead atoms. The zero-order valence-corrected chi connectivity index (χ0v) is 13.9. The lowest BCUT2D eigenvalue weighted by molar-refractivity contribution is -0.188. The van der Waals surface area contributed by atoms with Crippen molar-refractivity contribution in [2.45, 2.75) is 44.5 Å². The topological polar surface area (TPSA) is 64.7 Å². The van der Waals surface area contributed by atoms with Crippen molar-refractivity contribution in [1.82, 2.24) is 0 Å². The first kappa shape index (κ1) is 20.1. The maximum absolute atomic E-state index is 12.8. The Labute approximate surface area is 146 Å². The molecule has 1 saturated carbocycles. The number of rotatable bonds is 5. The fourth-order valence-corrected chi connectivity index (χ4v) is 3.68. The Hall–Kier alpha value is -1.22. The number of alkyl halides is 5. The van der Waals surface area contributed by atoms with Crippen LogP contribution in [0.3, 0.4) is 0 Å². The molecule has 0 aromatic rings. The van der Waals surface area contributed by atoms with E-state index in [2.05, 4.69) is 4.99 Å². The van der Waals surface area contributed by atoms with Crippen molar-refractivity contribution in [3.8, 4) is 0 Å². The predicted octanol–water partition coefficient (Wildman–Crippen LogP) is 3.64. The van der Waals surface area contributed by atoms with E-state index in [9.17, 15) is 26.7 Å². The normalized spacial score (nSPS) is 33.4. The molecule has 142 valence electrons. The summed E-state index contributed by atoms with van der Waals surface area (Å²) in [6, 6.07) is 0. The van der Waals surface area contributed by atoms with Crippen LogP contribution in [0.5, 0.6) is 0 Å². The minimum Gasteiger partial charge on any atom is -0.369 e. The summed E-state index contributed by atoms with van der Waals surface area (Å²) in [5.74, 6) is -2.93. The Balaban J connectivity index is 2.25. The van der Waals surface area contributed by atoms with Gasteiger partial charge in [-0.05, 0) is 37.7 Å². The van der Waals surface area contributed by atoms with Crippen molar-refractivity contribution in [1.29, 1.82) is 0 Å². The molecule has 25 heavy (non-hydrogen) atoms. The van der Waals surface area contributed by atoms with Crippen LogP contribution >= 0.6 is 11.6 Å². The minimum atomic E-state index is -4.31. The second kappa shape index (κ2) is 7.57. The van der Waals surface area contributed by atoms with E-state index >= 15 is 0 Å². The van der Waals surface area contributed by atoms with Crippen LogP contribution in [0.15, 0.2) is 17.1 Å². The molecule has 1 aliphatic heterocycles. The molecule has 1 aliphatic carbocycles. The van der Waals surface area contributed by atoms with Gasteiger partial charge < -0.3 is 10.5 Å². The number of amides is 1. The number of aliphatic imine (C=N–C) groups is 1. The number of primary amides is 1. The minimum absolute atomic E-state index is 0.0547. The van der Waals surface area contributed by atoms with Gasteiger partial charge in [-0.25, -0.2) is 13.8 Å². The van der Waals surface area contributed by atoms with Gasteiger partial charge in [0, 0.05) is 0 Å². The molecule has 1 heterocycles. The van der Waals surface area contributed by atoms with Crippen LogP contribution in [0.4, 0.5) is 22.0 Å². The molecule has 10 heteroatoms. The van der Waals surface area contributed by atoms with Crippen molar-refractivity contribution in [3.05, 3.63) is 12.2 Å². The van der Waals surface area contributed by atoms with Gasteiger partial charge >= 0.3 is 6.18 Å². The van der Waals surface area contributed by atoms with Crippen molar-refractivity contribution in [2.24, 2.45) is 28.0 Å². The fraction of sp³-hybridized carbons (Fsp3) is 0.733. The maximum Gasteiger partial charge on any atom is 0.391 e. The van der Waals surface area contributed by atoms with E-state index in [0.29, 0.717) is 0 Å². The quantitative estimate of drug-likeness (QED) is 0.731. The summed E-state index contributed by atoms with van der Waals surface area (Å²) in [4.78, 5) is 16.1. The van der Waals surface area contributed by atoms with Crippen LogP contribution in [0.25, 0.3) is 0 Å². The molecular weight excluding hydrogens is 371 g/mol. The highest BCUT2D eigenvalue weighted by Crippen LogP contribution is 2.49. The molecule has 2 N–H and O–H groups in total. The third kappa shape index (κ3) is 4.31. The summed E-state index contributed by atoms with van der Waals surface area (Å²) < 4.78 is 68.6. The number of allylic oxidation sites excluding steroid dienone is 1. The van der Waals surface area contributed by atoms with Gasteiger partial charge in [-0.1, -0.05) is 17.7 Å². The van der Waals surface area contributed by atoms with Gasteiger partial charge in [0.25, 0.3) is 6.43 Å². The molecule has 0 saturated heterocycles. The summed E-state index contributed by atoms with van der Waals surface area (Å²) in [6.07, 6.45) is -6.09. The summed E-state index contributed by atoms with van der Waals surface area (Å²) in [7, 11) is 0. The zero-order chi connectivity index (χ0) is 18.8. The van der Waals surface area contributed by atoms with Crippen molar-refractivity contribution in [2.75, 3.05) is 6.61 Å². The lowest BCUT2D eigenvalue weighted by Crippen LogP contribution is -2.53. The van der Waals surface area contributed by atoms with Crippen molar-refractivity contribution < 1.29 is 31.5 Å². The monoisotopic (exact) mass is 388 g/mol. The number of carbonyl (C=O) groups excluding carboxylic acids is 1. The van der Waals surface area contributed by atoms with Gasteiger partial charge in [0.1, 0.15) is 17.2 Å². The first-order valence-corrected chi connectivity index (χ1v) is 8.14. The third-order valence-corrected chi connectivity index (χ3v) is 5.04. The largest absolute Gasteiger partial charge is 0.391 e. The standard InChI is InChI=1S/C15H18ClF5N2O2/c16-10-5-6-14(12(22)24,13(23-10)25-7-11(17)18)8-1-3-9(4-2-8)15(19,20)21/h5-6,8-9,11,13H,1-4,7H2,(H2,22,24). The lowest BCUT2D eigenvalue weighted by atomic mass is 9.64. The Bertz CT molecular complexity index is 559. The second-order valence-corrected chi connectivity index (χ2v) is 6.64. The molecule has 2 atom stereocenters. The first-order chi connectivity index (χ1) is 11.6.